The Balaban J connectivity index is 1.18. The van der Waals surface area contributed by atoms with Gasteiger partial charge in [0.1, 0.15) is 11.5 Å². The molecule has 3 aromatic carbocycles. The van der Waals surface area contributed by atoms with E-state index in [-0.39, 0.29) is 18.3 Å². The van der Waals surface area contributed by atoms with Crippen LogP contribution in [0.15, 0.2) is 97.2 Å². The summed E-state index contributed by atoms with van der Waals surface area (Å²) < 4.78 is 16.7. The molecule has 0 atom stereocenters. The van der Waals surface area contributed by atoms with Crippen LogP contribution in [-0.4, -0.2) is 30.0 Å². The van der Waals surface area contributed by atoms with Crippen LogP contribution in [0.25, 0.3) is 6.08 Å². The van der Waals surface area contributed by atoms with E-state index in [1.807, 2.05) is 31.2 Å². The molecule has 0 saturated carbocycles. The number of carbonyl (C=O) groups excluding carboxylic acids is 2. The SMILES string of the molecule is Cc1ccc(/C=C/C(=O)c2ccc(OCCCOC(=O)c3ccnc(Oc4ccc(Cl)cc4)c3)cc2)cc1. The number of ether oxygens (including phenoxy) is 3. The lowest BCUT2D eigenvalue weighted by atomic mass is 10.1. The maximum atomic E-state index is 12.4. The predicted octanol–water partition coefficient (Wildman–Crippen LogP) is 7.36. The van der Waals surface area contributed by atoms with Gasteiger partial charge in [0.25, 0.3) is 0 Å². The van der Waals surface area contributed by atoms with Gasteiger partial charge in [0.2, 0.25) is 5.88 Å². The van der Waals surface area contributed by atoms with Crippen LogP contribution < -0.4 is 9.47 Å². The topological polar surface area (TPSA) is 74.7 Å². The summed E-state index contributed by atoms with van der Waals surface area (Å²) in [7, 11) is 0. The lowest BCUT2D eigenvalue weighted by Crippen LogP contribution is -2.09. The molecule has 0 saturated heterocycles. The van der Waals surface area contributed by atoms with Gasteiger partial charge in [0.15, 0.2) is 5.78 Å². The number of benzene rings is 3. The minimum absolute atomic E-state index is 0.0816. The molecule has 0 aliphatic heterocycles. The average Bonchev–Trinajstić information content (AvgIpc) is 2.94. The Morgan fingerprint density at radius 3 is 2.29 bits per heavy atom. The molecule has 4 aromatic rings. The number of halogens is 1. The lowest BCUT2D eigenvalue weighted by Gasteiger charge is -2.09. The van der Waals surface area contributed by atoms with Crippen LogP contribution in [0.2, 0.25) is 5.02 Å². The van der Waals surface area contributed by atoms with Gasteiger partial charge in [-0.25, -0.2) is 9.78 Å². The van der Waals surface area contributed by atoms with Gasteiger partial charge in [-0.15, -0.1) is 0 Å². The summed E-state index contributed by atoms with van der Waals surface area (Å²) >= 11 is 5.88. The molecule has 4 rings (SSSR count). The standard InChI is InChI=1S/C31H26ClNO5/c1-22-3-5-23(6-4-22)7-16-29(34)24-8-12-27(13-9-24)36-19-2-20-37-31(35)25-17-18-33-30(21-25)38-28-14-10-26(32)11-15-28/h3-18,21H,2,19-20H2,1H3/b16-7+. The summed E-state index contributed by atoms with van der Waals surface area (Å²) in [5.74, 6) is 0.906. The minimum Gasteiger partial charge on any atom is -0.493 e. The summed E-state index contributed by atoms with van der Waals surface area (Å²) in [5.41, 5.74) is 3.05. The Kier molecular flexibility index (Phi) is 9.27. The third-order valence-corrected chi connectivity index (χ3v) is 5.69. The number of aryl methyl sites for hydroxylation is 1. The van der Waals surface area contributed by atoms with E-state index >= 15 is 0 Å². The predicted molar refractivity (Wildman–Crippen MR) is 147 cm³/mol. The molecule has 0 aliphatic carbocycles. The molecule has 0 fully saturated rings. The molecule has 1 aromatic heterocycles. The third kappa shape index (κ3) is 8.05. The van der Waals surface area contributed by atoms with Gasteiger partial charge >= 0.3 is 5.97 Å². The zero-order valence-corrected chi connectivity index (χ0v) is 21.6. The van der Waals surface area contributed by atoms with Crippen molar-refractivity contribution >= 4 is 29.4 Å². The number of nitrogens with zero attached hydrogens (tertiary/aromatic N) is 1. The van der Waals surface area contributed by atoms with E-state index in [4.69, 9.17) is 25.8 Å². The van der Waals surface area contributed by atoms with Crippen LogP contribution in [0.1, 0.15) is 38.3 Å². The van der Waals surface area contributed by atoms with Gasteiger partial charge in [-0.2, -0.15) is 0 Å². The highest BCUT2D eigenvalue weighted by Gasteiger charge is 2.10. The Bertz CT molecular complexity index is 1400. The minimum atomic E-state index is -0.477. The number of rotatable bonds is 11. The molecule has 0 aliphatic rings. The van der Waals surface area contributed by atoms with E-state index in [9.17, 15) is 9.59 Å². The molecule has 7 heteroatoms. The van der Waals surface area contributed by atoms with Crippen molar-refractivity contribution in [1.29, 1.82) is 0 Å². The van der Waals surface area contributed by atoms with Crippen molar-refractivity contribution < 1.29 is 23.8 Å². The van der Waals surface area contributed by atoms with Crippen molar-refractivity contribution in [3.63, 3.8) is 0 Å². The first-order valence-corrected chi connectivity index (χ1v) is 12.4. The first-order chi connectivity index (χ1) is 18.5. The van der Waals surface area contributed by atoms with Gasteiger partial charge in [0.05, 0.1) is 18.8 Å². The first kappa shape index (κ1) is 26.6. The Labute approximate surface area is 226 Å². The van der Waals surface area contributed by atoms with Crippen molar-refractivity contribution in [3.05, 3.63) is 124 Å². The summed E-state index contributed by atoms with van der Waals surface area (Å²) in [6.07, 6.45) is 5.35. The molecular weight excluding hydrogens is 502 g/mol. The zero-order valence-electron chi connectivity index (χ0n) is 20.8. The molecule has 0 amide bonds. The molecule has 0 radical (unpaired) electrons. The molecule has 6 nitrogen and oxygen atoms in total. The highest BCUT2D eigenvalue weighted by atomic mass is 35.5. The molecule has 0 unspecified atom stereocenters. The maximum absolute atomic E-state index is 12.4. The van der Waals surface area contributed by atoms with Crippen LogP contribution >= 0.6 is 11.6 Å². The third-order valence-electron chi connectivity index (χ3n) is 5.44. The monoisotopic (exact) mass is 527 g/mol. The molecule has 1 heterocycles. The fraction of sp³-hybridized carbons (Fsp3) is 0.129. The fourth-order valence-corrected chi connectivity index (χ4v) is 3.50. The number of ketones is 1. The van der Waals surface area contributed by atoms with Crippen molar-refractivity contribution in [2.75, 3.05) is 13.2 Å². The smallest absolute Gasteiger partial charge is 0.338 e. The van der Waals surface area contributed by atoms with Crippen molar-refractivity contribution in [1.82, 2.24) is 4.98 Å². The highest BCUT2D eigenvalue weighted by Crippen LogP contribution is 2.22. The maximum Gasteiger partial charge on any atom is 0.338 e. The van der Waals surface area contributed by atoms with E-state index < -0.39 is 5.97 Å². The van der Waals surface area contributed by atoms with Gasteiger partial charge < -0.3 is 14.2 Å². The Morgan fingerprint density at radius 2 is 1.55 bits per heavy atom. The van der Waals surface area contributed by atoms with E-state index in [1.165, 1.54) is 17.8 Å². The number of esters is 1. The fourth-order valence-electron chi connectivity index (χ4n) is 3.37. The van der Waals surface area contributed by atoms with Crippen LogP contribution in [0.5, 0.6) is 17.4 Å². The van der Waals surface area contributed by atoms with Gasteiger partial charge in [-0.1, -0.05) is 47.5 Å². The van der Waals surface area contributed by atoms with E-state index in [0.29, 0.717) is 40.7 Å². The number of hydrogen-bond acceptors (Lipinski definition) is 6. The summed E-state index contributed by atoms with van der Waals surface area (Å²) in [4.78, 5) is 28.9. The highest BCUT2D eigenvalue weighted by molar-refractivity contribution is 6.30. The zero-order chi connectivity index (χ0) is 26.7. The van der Waals surface area contributed by atoms with Gasteiger partial charge in [-0.05, 0) is 73.2 Å². The van der Waals surface area contributed by atoms with Crippen LogP contribution in [0, 0.1) is 6.92 Å². The first-order valence-electron chi connectivity index (χ1n) is 12.0. The summed E-state index contributed by atoms with van der Waals surface area (Å²) in [5, 5.41) is 0.598. The van der Waals surface area contributed by atoms with E-state index in [1.54, 1.807) is 66.7 Å². The number of aromatic nitrogens is 1. The second-order valence-electron chi connectivity index (χ2n) is 8.41. The Hall–Kier alpha value is -4.42. The molecule has 0 spiro atoms. The quantitative estimate of drug-likeness (QED) is 0.0877. The molecule has 38 heavy (non-hydrogen) atoms. The Morgan fingerprint density at radius 1 is 0.842 bits per heavy atom. The average molecular weight is 528 g/mol. The summed E-state index contributed by atoms with van der Waals surface area (Å²) in [6, 6.07) is 24.8. The van der Waals surface area contributed by atoms with E-state index in [2.05, 4.69) is 4.98 Å². The normalized spacial score (nSPS) is 10.8. The number of hydrogen-bond donors (Lipinski definition) is 0. The van der Waals surface area contributed by atoms with Gasteiger partial charge in [0, 0.05) is 29.3 Å². The second-order valence-corrected chi connectivity index (χ2v) is 8.85. The van der Waals surface area contributed by atoms with Crippen LogP contribution in [-0.2, 0) is 4.74 Å². The van der Waals surface area contributed by atoms with E-state index in [0.717, 1.165) is 5.56 Å². The summed E-state index contributed by atoms with van der Waals surface area (Å²) in [6.45, 7) is 2.57. The van der Waals surface area contributed by atoms with Crippen molar-refractivity contribution in [3.8, 4) is 17.4 Å². The number of carbonyl (C=O) groups is 2. The van der Waals surface area contributed by atoms with Crippen LogP contribution in [0.3, 0.4) is 0 Å². The molecule has 0 bridgehead atoms. The van der Waals surface area contributed by atoms with Gasteiger partial charge in [-0.3, -0.25) is 4.79 Å². The molecule has 192 valence electrons. The largest absolute Gasteiger partial charge is 0.493 e. The second kappa shape index (κ2) is 13.2. The number of allylic oxidation sites excluding steroid dienone is 1. The molecular formula is C31H26ClNO5. The van der Waals surface area contributed by atoms with Crippen LogP contribution in [0.4, 0.5) is 0 Å². The number of pyridine rings is 1. The molecule has 0 N–H and O–H groups in total. The van der Waals surface area contributed by atoms with Crippen molar-refractivity contribution in [2.45, 2.75) is 13.3 Å². The van der Waals surface area contributed by atoms with Crippen molar-refractivity contribution in [2.24, 2.45) is 0 Å². The lowest BCUT2D eigenvalue weighted by molar-refractivity contribution is 0.0485.